The zero-order valence-electron chi connectivity index (χ0n) is 10.2. The second-order valence-electron chi connectivity index (χ2n) is 4.06. The summed E-state index contributed by atoms with van der Waals surface area (Å²) >= 11 is 0. The smallest absolute Gasteiger partial charge is 0.227 e. The van der Waals surface area contributed by atoms with Crippen LogP contribution < -0.4 is 0 Å². The van der Waals surface area contributed by atoms with E-state index in [9.17, 15) is 9.59 Å². The van der Waals surface area contributed by atoms with Gasteiger partial charge in [0.05, 0.1) is 0 Å². The van der Waals surface area contributed by atoms with Crippen molar-refractivity contribution in [3.63, 3.8) is 0 Å². The molecule has 88 valence electrons. The summed E-state index contributed by atoms with van der Waals surface area (Å²) in [5.41, 5.74) is 1.86. The van der Waals surface area contributed by atoms with E-state index in [1.807, 2.05) is 14.0 Å². The van der Waals surface area contributed by atoms with Crippen LogP contribution in [0.5, 0.6) is 0 Å². The Bertz CT molecular complexity index is 353. The molecule has 0 saturated carbocycles. The van der Waals surface area contributed by atoms with Gasteiger partial charge in [-0.05, 0) is 24.5 Å². The van der Waals surface area contributed by atoms with Gasteiger partial charge in [0, 0.05) is 25.4 Å². The van der Waals surface area contributed by atoms with Gasteiger partial charge in [-0.3, -0.25) is 9.59 Å². The Morgan fingerprint density at radius 2 is 1.75 bits per heavy atom. The lowest BCUT2D eigenvalue weighted by molar-refractivity contribution is -0.131. The molecule has 1 rings (SSSR count). The van der Waals surface area contributed by atoms with Gasteiger partial charge in [-0.1, -0.05) is 20.3 Å². The van der Waals surface area contributed by atoms with Crippen molar-refractivity contribution in [1.29, 1.82) is 0 Å². The van der Waals surface area contributed by atoms with Gasteiger partial charge < -0.3 is 4.90 Å². The Morgan fingerprint density at radius 3 is 2.31 bits per heavy atom. The molecule has 0 heterocycles. The average molecular weight is 221 g/mol. The SMILES string of the molecule is CCCCN(C)C1=CC(=O)C(=O)C=C1CC. The van der Waals surface area contributed by atoms with Crippen molar-refractivity contribution in [3.05, 3.63) is 23.4 Å². The number of rotatable bonds is 5. The Balaban J connectivity index is 2.84. The molecular weight excluding hydrogens is 202 g/mol. The van der Waals surface area contributed by atoms with Crippen LogP contribution in [0.2, 0.25) is 0 Å². The maximum absolute atomic E-state index is 11.3. The minimum Gasteiger partial charge on any atom is -0.374 e. The fraction of sp³-hybridized carbons (Fsp3) is 0.538. The normalized spacial score (nSPS) is 15.9. The van der Waals surface area contributed by atoms with Gasteiger partial charge in [0.15, 0.2) is 0 Å². The number of nitrogens with zero attached hydrogens (tertiary/aromatic N) is 1. The highest BCUT2D eigenvalue weighted by molar-refractivity contribution is 6.46. The molecule has 1 aliphatic carbocycles. The lowest BCUT2D eigenvalue weighted by atomic mass is 9.98. The van der Waals surface area contributed by atoms with E-state index in [0.29, 0.717) is 0 Å². The Labute approximate surface area is 96.8 Å². The molecule has 0 fully saturated rings. The predicted octanol–water partition coefficient (Wildman–Crippen LogP) is 2.09. The number of unbranched alkanes of at least 4 members (excludes halogenated alkanes) is 1. The largest absolute Gasteiger partial charge is 0.374 e. The van der Waals surface area contributed by atoms with E-state index in [-0.39, 0.29) is 0 Å². The summed E-state index contributed by atoms with van der Waals surface area (Å²) in [4.78, 5) is 24.7. The average Bonchev–Trinajstić information content (AvgIpc) is 2.28. The molecule has 0 aromatic carbocycles. The van der Waals surface area contributed by atoms with Gasteiger partial charge in [0.2, 0.25) is 11.6 Å². The van der Waals surface area contributed by atoms with E-state index in [0.717, 1.165) is 37.1 Å². The van der Waals surface area contributed by atoms with Crippen LogP contribution in [0.3, 0.4) is 0 Å². The third-order valence-electron chi connectivity index (χ3n) is 2.78. The molecule has 1 aliphatic rings. The van der Waals surface area contributed by atoms with Crippen molar-refractivity contribution in [3.8, 4) is 0 Å². The minimum absolute atomic E-state index is 0.399. The summed E-state index contributed by atoms with van der Waals surface area (Å²) in [6.45, 7) is 5.05. The second kappa shape index (κ2) is 5.64. The lowest BCUT2D eigenvalue weighted by Gasteiger charge is -2.25. The molecule has 0 bridgehead atoms. The number of carbonyl (C=O) groups excluding carboxylic acids is 2. The zero-order chi connectivity index (χ0) is 12.1. The van der Waals surface area contributed by atoms with Crippen LogP contribution in [0.4, 0.5) is 0 Å². The van der Waals surface area contributed by atoms with Crippen molar-refractivity contribution >= 4 is 11.6 Å². The van der Waals surface area contributed by atoms with Crippen LogP contribution in [0, 0.1) is 0 Å². The van der Waals surface area contributed by atoms with Crippen LogP contribution in [-0.2, 0) is 9.59 Å². The number of carbonyl (C=O) groups is 2. The first-order valence-electron chi connectivity index (χ1n) is 5.82. The Kier molecular flexibility index (Phi) is 4.47. The Hall–Kier alpha value is -1.38. The molecule has 0 aromatic rings. The van der Waals surface area contributed by atoms with Gasteiger partial charge in [-0.2, -0.15) is 0 Å². The predicted molar refractivity (Wildman–Crippen MR) is 64.0 cm³/mol. The first-order chi connectivity index (χ1) is 7.60. The van der Waals surface area contributed by atoms with Crippen molar-refractivity contribution in [2.75, 3.05) is 13.6 Å². The maximum Gasteiger partial charge on any atom is 0.227 e. The van der Waals surface area contributed by atoms with Crippen LogP contribution in [-0.4, -0.2) is 30.1 Å². The first kappa shape index (κ1) is 12.7. The summed E-state index contributed by atoms with van der Waals surface area (Å²) in [5, 5.41) is 0. The molecule has 0 atom stereocenters. The van der Waals surface area contributed by atoms with Crippen molar-refractivity contribution < 1.29 is 9.59 Å². The van der Waals surface area contributed by atoms with Gasteiger partial charge in [0.25, 0.3) is 0 Å². The summed E-state index contributed by atoms with van der Waals surface area (Å²) < 4.78 is 0. The minimum atomic E-state index is -0.407. The fourth-order valence-corrected chi connectivity index (χ4v) is 1.75. The molecule has 0 N–H and O–H groups in total. The molecule has 3 heteroatoms. The van der Waals surface area contributed by atoms with Crippen LogP contribution in [0.25, 0.3) is 0 Å². The highest BCUT2D eigenvalue weighted by atomic mass is 16.2. The van der Waals surface area contributed by atoms with Crippen molar-refractivity contribution in [1.82, 2.24) is 4.90 Å². The van der Waals surface area contributed by atoms with Gasteiger partial charge in [-0.25, -0.2) is 0 Å². The topological polar surface area (TPSA) is 37.4 Å². The standard InChI is InChI=1S/C13H19NO2/c1-4-6-7-14(3)11-9-13(16)12(15)8-10(11)5-2/h8-9H,4-7H2,1-3H3. The lowest BCUT2D eigenvalue weighted by Crippen LogP contribution is -2.26. The van der Waals surface area contributed by atoms with Crippen LogP contribution in [0.15, 0.2) is 23.4 Å². The molecule has 0 radical (unpaired) electrons. The monoisotopic (exact) mass is 221 g/mol. The molecule has 0 unspecified atom stereocenters. The molecule has 0 aromatic heterocycles. The van der Waals surface area contributed by atoms with E-state index in [1.165, 1.54) is 12.2 Å². The summed E-state index contributed by atoms with van der Waals surface area (Å²) in [6.07, 6.45) is 5.93. The highest BCUT2D eigenvalue weighted by Crippen LogP contribution is 2.21. The number of hydrogen-bond acceptors (Lipinski definition) is 3. The van der Waals surface area contributed by atoms with E-state index in [2.05, 4.69) is 11.8 Å². The summed E-state index contributed by atoms with van der Waals surface area (Å²) in [5.74, 6) is -0.806. The van der Waals surface area contributed by atoms with E-state index < -0.39 is 11.6 Å². The van der Waals surface area contributed by atoms with Crippen LogP contribution >= 0.6 is 0 Å². The van der Waals surface area contributed by atoms with Gasteiger partial charge in [-0.15, -0.1) is 0 Å². The van der Waals surface area contributed by atoms with Gasteiger partial charge >= 0.3 is 0 Å². The van der Waals surface area contributed by atoms with Crippen molar-refractivity contribution in [2.24, 2.45) is 0 Å². The molecule has 0 saturated heterocycles. The quantitative estimate of drug-likeness (QED) is 0.527. The maximum atomic E-state index is 11.3. The van der Waals surface area contributed by atoms with E-state index >= 15 is 0 Å². The highest BCUT2D eigenvalue weighted by Gasteiger charge is 2.20. The van der Waals surface area contributed by atoms with E-state index in [1.54, 1.807) is 0 Å². The molecule has 16 heavy (non-hydrogen) atoms. The number of allylic oxidation sites excluding steroid dienone is 3. The molecule has 0 spiro atoms. The number of likely N-dealkylation sites (N-methyl/N-ethyl adjacent to an activating group) is 1. The Morgan fingerprint density at radius 1 is 1.12 bits per heavy atom. The molecule has 3 nitrogen and oxygen atoms in total. The summed E-state index contributed by atoms with van der Waals surface area (Å²) in [6, 6.07) is 0. The summed E-state index contributed by atoms with van der Waals surface area (Å²) in [7, 11) is 1.97. The molecule has 0 aliphatic heterocycles. The third kappa shape index (κ3) is 2.81. The van der Waals surface area contributed by atoms with E-state index in [4.69, 9.17) is 0 Å². The second-order valence-corrected chi connectivity index (χ2v) is 4.06. The third-order valence-corrected chi connectivity index (χ3v) is 2.78. The fourth-order valence-electron chi connectivity index (χ4n) is 1.75. The zero-order valence-corrected chi connectivity index (χ0v) is 10.2. The molecule has 0 amide bonds. The molecular formula is C13H19NO2. The van der Waals surface area contributed by atoms with Crippen molar-refractivity contribution in [2.45, 2.75) is 33.1 Å². The van der Waals surface area contributed by atoms with Gasteiger partial charge in [0.1, 0.15) is 0 Å². The number of hydrogen-bond donors (Lipinski definition) is 0. The van der Waals surface area contributed by atoms with Crippen LogP contribution in [0.1, 0.15) is 33.1 Å². The number of ketones is 2. The first-order valence-corrected chi connectivity index (χ1v) is 5.82.